The van der Waals surface area contributed by atoms with Crippen LogP contribution in [0.15, 0.2) is 42.2 Å². The lowest BCUT2D eigenvalue weighted by Crippen LogP contribution is -2.36. The largest absolute Gasteiger partial charge is 0.411 e. The molecule has 0 radical (unpaired) electrons. The number of carbonyl (C=O) groups is 1. The predicted octanol–water partition coefficient (Wildman–Crippen LogP) is 4.47. The number of hydrogen-bond acceptors (Lipinski definition) is 7. The summed E-state index contributed by atoms with van der Waals surface area (Å²) in [7, 11) is 0. The first-order chi connectivity index (χ1) is 16.7. The van der Waals surface area contributed by atoms with Crippen molar-refractivity contribution in [2.45, 2.75) is 31.2 Å². The Morgan fingerprint density at radius 1 is 1.29 bits per heavy atom. The summed E-state index contributed by atoms with van der Waals surface area (Å²) in [5, 5.41) is 15.9. The van der Waals surface area contributed by atoms with Crippen molar-refractivity contribution in [3.8, 4) is 22.0 Å². The first kappa shape index (κ1) is 23.1. The summed E-state index contributed by atoms with van der Waals surface area (Å²) in [5.74, 6) is -1.23. The molecule has 2 N–H and O–H groups in total. The number of amides is 1. The van der Waals surface area contributed by atoms with Crippen molar-refractivity contribution >= 4 is 22.9 Å². The van der Waals surface area contributed by atoms with Crippen LogP contribution in [0.1, 0.15) is 29.4 Å². The summed E-state index contributed by atoms with van der Waals surface area (Å²) >= 11 is 1.27. The summed E-state index contributed by atoms with van der Waals surface area (Å²) < 4.78 is 57.3. The van der Waals surface area contributed by atoms with Crippen molar-refractivity contribution in [3.05, 3.63) is 53.8 Å². The molecular formula is C21H17F4N7O2S. The van der Waals surface area contributed by atoms with Gasteiger partial charge in [0, 0.05) is 23.3 Å². The first-order valence-electron chi connectivity index (χ1n) is 10.4. The molecule has 1 saturated carbocycles. The number of alkyl halides is 3. The highest BCUT2D eigenvalue weighted by Crippen LogP contribution is 2.37. The Labute approximate surface area is 199 Å². The number of ether oxygens (including phenoxy) is 1. The highest BCUT2D eigenvalue weighted by molar-refractivity contribution is 7.13. The van der Waals surface area contributed by atoms with Crippen LogP contribution in [0.25, 0.3) is 22.0 Å². The third kappa shape index (κ3) is 5.22. The van der Waals surface area contributed by atoms with Crippen LogP contribution in [-0.4, -0.2) is 54.7 Å². The van der Waals surface area contributed by atoms with E-state index in [4.69, 9.17) is 4.74 Å². The van der Waals surface area contributed by atoms with Gasteiger partial charge < -0.3 is 10.1 Å². The Balaban J connectivity index is 1.35. The van der Waals surface area contributed by atoms with E-state index in [-0.39, 0.29) is 28.8 Å². The minimum atomic E-state index is -4.39. The van der Waals surface area contributed by atoms with E-state index in [1.807, 2.05) is 0 Å². The Morgan fingerprint density at radius 3 is 2.83 bits per heavy atom. The number of nitrogens with one attached hydrogen (secondary N) is 2. The van der Waals surface area contributed by atoms with Crippen molar-refractivity contribution in [3.63, 3.8) is 0 Å². The van der Waals surface area contributed by atoms with E-state index in [0.29, 0.717) is 17.8 Å². The van der Waals surface area contributed by atoms with Crippen molar-refractivity contribution in [2.75, 3.05) is 11.9 Å². The number of thiazole rings is 1. The Bertz CT molecular complexity index is 1330. The fourth-order valence-electron chi connectivity index (χ4n) is 3.57. The maximum absolute atomic E-state index is 13.8. The molecule has 1 amide bonds. The Kier molecular flexibility index (Phi) is 6.06. The summed E-state index contributed by atoms with van der Waals surface area (Å²) in [4.78, 5) is 21.1. The number of anilines is 1. The lowest BCUT2D eigenvalue weighted by Gasteiger charge is -2.35. The van der Waals surface area contributed by atoms with Crippen molar-refractivity contribution in [1.82, 2.24) is 29.9 Å². The molecule has 0 aromatic carbocycles. The monoisotopic (exact) mass is 507 g/mol. The van der Waals surface area contributed by atoms with Gasteiger partial charge >= 0.3 is 6.18 Å². The topological polar surface area (TPSA) is 111 Å². The number of carbonyl (C=O) groups excluding carboxylic acids is 1. The number of nitrogens with zero attached hydrogens (tertiary/aromatic N) is 5. The maximum Gasteiger partial charge on any atom is 0.411 e. The van der Waals surface area contributed by atoms with E-state index in [1.165, 1.54) is 28.2 Å². The molecule has 0 atom stereocenters. The summed E-state index contributed by atoms with van der Waals surface area (Å²) in [6.45, 7) is -1.31. The summed E-state index contributed by atoms with van der Waals surface area (Å²) in [5.41, 5.74) is 1.59. The van der Waals surface area contributed by atoms with Crippen LogP contribution in [0.3, 0.4) is 0 Å². The molecule has 0 spiro atoms. The van der Waals surface area contributed by atoms with Gasteiger partial charge in [0.1, 0.15) is 23.0 Å². The molecule has 182 valence electrons. The Hall–Kier alpha value is -3.65. The highest BCUT2D eigenvalue weighted by atomic mass is 32.1. The van der Waals surface area contributed by atoms with Gasteiger partial charge in [-0.1, -0.05) is 6.07 Å². The van der Waals surface area contributed by atoms with Gasteiger partial charge in [-0.2, -0.15) is 27.8 Å². The van der Waals surface area contributed by atoms with Gasteiger partial charge in [0.15, 0.2) is 0 Å². The average molecular weight is 507 g/mol. The zero-order valence-electron chi connectivity index (χ0n) is 17.8. The number of rotatable bonds is 7. The van der Waals surface area contributed by atoms with Crippen LogP contribution in [-0.2, 0) is 4.74 Å². The second kappa shape index (κ2) is 9.19. The van der Waals surface area contributed by atoms with Crippen molar-refractivity contribution in [1.29, 1.82) is 0 Å². The van der Waals surface area contributed by atoms with Gasteiger partial charge in [-0.05, 0) is 25.0 Å². The van der Waals surface area contributed by atoms with E-state index in [0.717, 1.165) is 5.56 Å². The van der Waals surface area contributed by atoms with Gasteiger partial charge in [0.05, 0.1) is 29.7 Å². The van der Waals surface area contributed by atoms with E-state index >= 15 is 0 Å². The van der Waals surface area contributed by atoms with E-state index in [1.54, 1.807) is 30.0 Å². The molecule has 4 aromatic heterocycles. The van der Waals surface area contributed by atoms with E-state index in [9.17, 15) is 22.4 Å². The molecule has 35 heavy (non-hydrogen) atoms. The summed E-state index contributed by atoms with van der Waals surface area (Å²) in [6.07, 6.45) is 0.496. The molecule has 0 unspecified atom stereocenters. The maximum atomic E-state index is 13.8. The lowest BCUT2D eigenvalue weighted by molar-refractivity contribution is -0.196. The van der Waals surface area contributed by atoms with E-state index < -0.39 is 30.7 Å². The number of aromatic nitrogens is 6. The SMILES string of the molecule is O=C(Nc1cn([C@H]2C[C@@H](OCC(F)(F)F)C2)nc1-c1cccc(F)n1)c1csc(-c2cn[nH]c2)n1. The molecule has 0 aliphatic heterocycles. The number of pyridine rings is 1. The number of aromatic amines is 1. The molecular weight excluding hydrogens is 490 g/mol. The highest BCUT2D eigenvalue weighted by Gasteiger charge is 2.37. The van der Waals surface area contributed by atoms with Crippen LogP contribution in [0, 0.1) is 5.95 Å². The van der Waals surface area contributed by atoms with Crippen LogP contribution in [0.5, 0.6) is 0 Å². The van der Waals surface area contributed by atoms with Gasteiger partial charge in [0.2, 0.25) is 5.95 Å². The molecule has 1 fully saturated rings. The van der Waals surface area contributed by atoms with Gasteiger partial charge in [0.25, 0.3) is 5.91 Å². The average Bonchev–Trinajstić information content (AvgIpc) is 3.52. The Morgan fingerprint density at radius 2 is 2.11 bits per heavy atom. The molecule has 0 bridgehead atoms. The van der Waals surface area contributed by atoms with E-state index in [2.05, 4.69) is 30.6 Å². The first-order valence-corrected chi connectivity index (χ1v) is 11.3. The van der Waals surface area contributed by atoms with Crippen molar-refractivity contribution in [2.24, 2.45) is 0 Å². The van der Waals surface area contributed by atoms with Gasteiger partial charge in [-0.25, -0.2) is 9.97 Å². The van der Waals surface area contributed by atoms with Crippen LogP contribution in [0.4, 0.5) is 23.2 Å². The van der Waals surface area contributed by atoms with Crippen molar-refractivity contribution < 1.29 is 27.1 Å². The van der Waals surface area contributed by atoms with Crippen LogP contribution < -0.4 is 5.32 Å². The fourth-order valence-corrected chi connectivity index (χ4v) is 4.35. The molecule has 9 nitrogen and oxygen atoms in total. The lowest BCUT2D eigenvalue weighted by atomic mass is 9.89. The molecule has 1 aliphatic carbocycles. The van der Waals surface area contributed by atoms with Crippen LogP contribution in [0.2, 0.25) is 0 Å². The van der Waals surface area contributed by atoms with Crippen LogP contribution >= 0.6 is 11.3 Å². The molecule has 4 heterocycles. The normalized spacial score (nSPS) is 17.8. The molecule has 4 aromatic rings. The zero-order valence-corrected chi connectivity index (χ0v) is 18.6. The van der Waals surface area contributed by atoms with Gasteiger partial charge in [-0.3, -0.25) is 14.6 Å². The molecule has 1 aliphatic rings. The second-order valence-electron chi connectivity index (χ2n) is 7.87. The standard InChI is InChI=1S/C21H17F4N7O2S/c22-17-3-1-2-14(28-17)18-15(8-32(31-18)12-4-13(5-12)34-10-21(23,24)25)29-19(33)16-9-35-20(30-16)11-6-26-27-7-11/h1-3,6-9,12-13H,4-5,10H2,(H,26,27)(H,29,33)/t12-,13+. The molecule has 14 heteroatoms. The third-order valence-electron chi connectivity index (χ3n) is 5.35. The summed E-state index contributed by atoms with van der Waals surface area (Å²) in [6, 6.07) is 3.95. The predicted molar refractivity (Wildman–Crippen MR) is 117 cm³/mol. The minimum absolute atomic E-state index is 0.168. The minimum Gasteiger partial charge on any atom is -0.369 e. The molecule has 0 saturated heterocycles. The third-order valence-corrected chi connectivity index (χ3v) is 6.24. The molecule has 5 rings (SSSR count). The second-order valence-corrected chi connectivity index (χ2v) is 8.73. The fraction of sp³-hybridized carbons (Fsp3) is 0.286. The van der Waals surface area contributed by atoms with Gasteiger partial charge in [-0.15, -0.1) is 11.3 Å². The smallest absolute Gasteiger partial charge is 0.369 e. The number of halogens is 4. The zero-order chi connectivity index (χ0) is 24.6. The quantitative estimate of drug-likeness (QED) is 0.282. The number of H-pyrrole nitrogens is 1. The number of hydrogen-bond donors (Lipinski definition) is 2.